The summed E-state index contributed by atoms with van der Waals surface area (Å²) in [6.07, 6.45) is 5.02. The van der Waals surface area contributed by atoms with E-state index in [1.165, 1.54) is 24.0 Å². The van der Waals surface area contributed by atoms with E-state index in [9.17, 15) is 19.2 Å². The maximum absolute atomic E-state index is 12.1. The van der Waals surface area contributed by atoms with Crippen LogP contribution < -0.4 is 10.2 Å². The van der Waals surface area contributed by atoms with Crippen molar-refractivity contribution in [2.24, 2.45) is 4.99 Å². The van der Waals surface area contributed by atoms with Gasteiger partial charge in [-0.2, -0.15) is 0 Å². The van der Waals surface area contributed by atoms with E-state index >= 15 is 0 Å². The van der Waals surface area contributed by atoms with Crippen LogP contribution in [-0.2, 0) is 23.9 Å². The number of hydrogen-bond donors (Lipinski definition) is 3. The third kappa shape index (κ3) is 12.2. The lowest BCUT2D eigenvalue weighted by atomic mass is 9.99. The van der Waals surface area contributed by atoms with Crippen molar-refractivity contribution in [3.8, 4) is 11.8 Å². The van der Waals surface area contributed by atoms with Crippen LogP contribution >= 0.6 is 11.3 Å². The second kappa shape index (κ2) is 19.3. The van der Waals surface area contributed by atoms with E-state index in [0.29, 0.717) is 31.6 Å². The first-order valence-electron chi connectivity index (χ1n) is 16.8. The minimum Gasteiger partial charge on any atom is -0.460 e. The van der Waals surface area contributed by atoms with Crippen LogP contribution in [0.25, 0.3) is 0 Å². The Morgan fingerprint density at radius 3 is 2.18 bits per heavy atom. The number of amidine groups is 2. The van der Waals surface area contributed by atoms with Crippen molar-refractivity contribution < 1.29 is 23.9 Å². The Bertz CT molecular complexity index is 1690. The zero-order valence-electron chi connectivity index (χ0n) is 30.7. The van der Waals surface area contributed by atoms with Gasteiger partial charge in [0.2, 0.25) is 5.91 Å². The molecule has 2 aromatic rings. The van der Waals surface area contributed by atoms with Gasteiger partial charge >= 0.3 is 5.97 Å². The molecule has 268 valence electrons. The number of fused-ring (bicyclic) bond motifs is 1. The van der Waals surface area contributed by atoms with Gasteiger partial charge in [0.1, 0.15) is 22.3 Å². The number of imide groups is 1. The predicted octanol–water partition coefficient (Wildman–Crippen LogP) is 6.32. The Hall–Kier alpha value is -4.89. The maximum Gasteiger partial charge on any atom is 0.303 e. The van der Waals surface area contributed by atoms with E-state index in [0.717, 1.165) is 44.3 Å². The first-order valence-corrected chi connectivity index (χ1v) is 17.6. The van der Waals surface area contributed by atoms with Crippen LogP contribution in [0.2, 0.25) is 0 Å². The number of esters is 1. The van der Waals surface area contributed by atoms with E-state index in [1.54, 1.807) is 23.2 Å². The van der Waals surface area contributed by atoms with Crippen LogP contribution in [0.15, 0.2) is 41.4 Å². The average Bonchev–Trinajstić information content (AvgIpc) is 3.45. The van der Waals surface area contributed by atoms with E-state index in [4.69, 9.17) is 20.5 Å². The highest BCUT2D eigenvalue weighted by molar-refractivity contribution is 7.17. The summed E-state index contributed by atoms with van der Waals surface area (Å²) in [6, 6.07) is 7.77. The molecular weight excluding hydrogens is 653 g/mol. The van der Waals surface area contributed by atoms with Crippen molar-refractivity contribution >= 4 is 57.4 Å². The summed E-state index contributed by atoms with van der Waals surface area (Å²) in [5.74, 6) is 5.78. The number of aryl methyl sites for hydroxylation is 1. The molecule has 0 bridgehead atoms. The summed E-state index contributed by atoms with van der Waals surface area (Å²) in [5, 5.41) is 20.3. The molecule has 11 nitrogen and oxygen atoms in total. The smallest absolute Gasteiger partial charge is 0.303 e. The van der Waals surface area contributed by atoms with Crippen LogP contribution in [0.1, 0.15) is 101 Å². The lowest BCUT2D eigenvalue weighted by molar-refractivity contribution is -0.152. The second-order valence-electron chi connectivity index (χ2n) is 12.3. The lowest BCUT2D eigenvalue weighted by Gasteiger charge is -2.21. The number of carbonyl (C=O) groups excluding carboxylic acids is 4. The topological polar surface area (TPSA) is 156 Å². The van der Waals surface area contributed by atoms with Crippen molar-refractivity contribution in [3.05, 3.63) is 63.5 Å². The molecule has 0 atom stereocenters. The zero-order chi connectivity index (χ0) is 37.6. The molecule has 50 heavy (non-hydrogen) atoms. The molecule has 0 saturated heterocycles. The number of amides is 3. The Morgan fingerprint density at radius 2 is 1.64 bits per heavy atom. The zero-order valence-corrected chi connectivity index (χ0v) is 31.5. The van der Waals surface area contributed by atoms with Gasteiger partial charge in [-0.05, 0) is 72.1 Å². The molecule has 3 N–H and O–H groups in total. The summed E-state index contributed by atoms with van der Waals surface area (Å²) in [4.78, 5) is 54.2. The molecule has 0 radical (unpaired) electrons. The van der Waals surface area contributed by atoms with Crippen molar-refractivity contribution in [1.82, 2.24) is 10.2 Å². The average molecular weight is 703 g/mol. The summed E-state index contributed by atoms with van der Waals surface area (Å²) in [6.45, 7) is 17.5. The number of hydrogen-bond acceptors (Lipinski definition) is 9. The molecule has 0 unspecified atom stereocenters. The quantitative estimate of drug-likeness (QED) is 0.0730. The molecule has 1 aromatic carbocycles. The van der Waals surface area contributed by atoms with Crippen molar-refractivity contribution in [2.75, 3.05) is 24.5 Å². The number of rotatable bonds is 8. The van der Waals surface area contributed by atoms with Gasteiger partial charge < -0.3 is 10.1 Å². The molecule has 2 aliphatic heterocycles. The summed E-state index contributed by atoms with van der Waals surface area (Å²) < 4.78 is 4.80. The number of unbranched alkanes of at least 4 members (excludes halogenated alkanes) is 2. The highest BCUT2D eigenvalue weighted by atomic mass is 32.1. The fourth-order valence-electron chi connectivity index (χ4n) is 4.97. The number of thiophene rings is 1. The lowest BCUT2D eigenvalue weighted by Crippen LogP contribution is -2.35. The highest BCUT2D eigenvalue weighted by Gasteiger charge is 2.29. The predicted molar refractivity (Wildman–Crippen MR) is 201 cm³/mol. The number of anilines is 1. The molecular formula is C38H50N6O5S. The van der Waals surface area contributed by atoms with Gasteiger partial charge in [0.05, 0.1) is 18.8 Å². The Balaban J connectivity index is 0.000000763. The fourth-order valence-corrected chi connectivity index (χ4v) is 6.20. The summed E-state index contributed by atoms with van der Waals surface area (Å²) in [7, 11) is 0. The van der Waals surface area contributed by atoms with E-state index in [1.807, 2.05) is 65.8 Å². The van der Waals surface area contributed by atoms with Crippen LogP contribution in [0.4, 0.5) is 5.00 Å². The number of carbonyl (C=O) groups is 4. The minimum atomic E-state index is -0.328. The number of benzene rings is 1. The second-order valence-corrected chi connectivity index (χ2v) is 13.5. The van der Waals surface area contributed by atoms with E-state index < -0.39 is 0 Å². The highest BCUT2D eigenvalue weighted by Crippen LogP contribution is 2.39. The largest absolute Gasteiger partial charge is 0.460 e. The van der Waals surface area contributed by atoms with E-state index in [-0.39, 0.29) is 48.2 Å². The van der Waals surface area contributed by atoms with Crippen LogP contribution in [-0.4, -0.2) is 71.2 Å². The van der Waals surface area contributed by atoms with Gasteiger partial charge in [-0.25, -0.2) is 0 Å². The molecule has 12 heteroatoms. The molecule has 3 heterocycles. The Kier molecular flexibility index (Phi) is 16.0. The number of aliphatic imine (C=N–C) groups is 1. The standard InChI is InChI=1S/C30H32N6O3S.C6H12O2.C2H6/c1-19-20(2)40-30-28(19)29(34-18-24(32)36(30)21(3)31)23-12-10-22(11-13-23)8-7-16-33-25(37)9-5-4-6-17-35-26(38)14-15-27(35)39;1-5(7)8-6(2,3)4;1-2/h10-15,31-32H,4-6,9,16-18H2,1-3H3,(H,33,37);1-4H3;1-2H3. The molecule has 3 amide bonds. The maximum atomic E-state index is 12.1. The summed E-state index contributed by atoms with van der Waals surface area (Å²) >= 11 is 1.58. The van der Waals surface area contributed by atoms with Crippen molar-refractivity contribution in [1.29, 1.82) is 10.8 Å². The normalized spacial score (nSPS) is 13.5. The van der Waals surface area contributed by atoms with E-state index in [2.05, 4.69) is 24.1 Å². The van der Waals surface area contributed by atoms with Gasteiger partial charge in [-0.1, -0.05) is 44.2 Å². The van der Waals surface area contributed by atoms with Crippen molar-refractivity contribution in [2.45, 2.75) is 93.6 Å². The Morgan fingerprint density at radius 1 is 1.02 bits per heavy atom. The summed E-state index contributed by atoms with van der Waals surface area (Å²) in [5.41, 5.74) is 4.30. The number of nitrogens with one attached hydrogen (secondary N) is 3. The van der Waals surface area contributed by atoms with Gasteiger partial charge in [0.25, 0.3) is 11.8 Å². The molecule has 4 rings (SSSR count). The van der Waals surface area contributed by atoms with Crippen LogP contribution in [0, 0.1) is 36.5 Å². The third-order valence-corrected chi connectivity index (χ3v) is 8.39. The first-order chi connectivity index (χ1) is 23.6. The van der Waals surface area contributed by atoms with Gasteiger partial charge in [-0.15, -0.1) is 11.3 Å². The van der Waals surface area contributed by atoms with Crippen molar-refractivity contribution in [3.63, 3.8) is 0 Å². The molecule has 0 saturated carbocycles. The molecule has 1 aromatic heterocycles. The minimum absolute atomic E-state index is 0.0805. The Labute approximate surface area is 300 Å². The third-order valence-electron chi connectivity index (χ3n) is 7.20. The fraction of sp³-hybridized carbons (Fsp3) is 0.447. The monoisotopic (exact) mass is 702 g/mol. The SMILES string of the molecule is CC.CC(=N)N1C(=N)CN=C(c2ccc(C#CCNC(=O)CCCCCN3C(=O)C=CC3=O)cc2)c2c1sc(C)c2C.CC(=O)OC(C)(C)C. The number of nitrogens with zero attached hydrogens (tertiary/aromatic N) is 3. The van der Waals surface area contributed by atoms with Gasteiger partial charge in [-0.3, -0.25) is 44.8 Å². The first kappa shape index (κ1) is 41.3. The molecule has 0 fully saturated rings. The van der Waals surface area contributed by atoms with Crippen LogP contribution in [0.5, 0.6) is 0 Å². The molecule has 0 spiro atoms. The van der Waals surface area contributed by atoms with Gasteiger partial charge in [0, 0.05) is 53.6 Å². The molecule has 0 aliphatic carbocycles. The number of ether oxygens (including phenoxy) is 1. The van der Waals surface area contributed by atoms with Crippen LogP contribution in [0.3, 0.4) is 0 Å². The molecule has 2 aliphatic rings. The van der Waals surface area contributed by atoms with Gasteiger partial charge in [0.15, 0.2) is 0 Å².